The Labute approximate surface area is 183 Å². The Morgan fingerprint density at radius 2 is 1.91 bits per heavy atom. The maximum atomic E-state index is 13.4. The Balaban J connectivity index is 1.39. The first kappa shape index (κ1) is 21.4. The molecule has 3 aromatic rings. The van der Waals surface area contributed by atoms with E-state index >= 15 is 0 Å². The van der Waals surface area contributed by atoms with Crippen LogP contribution in [0.25, 0.3) is 6.08 Å². The van der Waals surface area contributed by atoms with E-state index in [0.29, 0.717) is 18.4 Å². The topological polar surface area (TPSA) is 68.2 Å². The second kappa shape index (κ2) is 9.09. The van der Waals surface area contributed by atoms with Gasteiger partial charge in [0.15, 0.2) is 17.4 Å². The normalized spacial score (nSPS) is 12.8. The van der Waals surface area contributed by atoms with Crippen molar-refractivity contribution >= 4 is 23.5 Å². The SMILES string of the molecule is O=C1Cc2ccc(/C=C/CCC(=O)c3cccn(Cc4ccc(F)c(F)c4)c3=O)cc2N1. The molecular formula is C25H20F2N2O3. The molecule has 2 aromatic carbocycles. The molecule has 162 valence electrons. The van der Waals surface area contributed by atoms with Crippen LogP contribution in [0.4, 0.5) is 14.5 Å². The van der Waals surface area contributed by atoms with E-state index in [1.165, 1.54) is 22.9 Å². The molecule has 4 rings (SSSR count). The number of nitrogens with zero attached hydrogens (tertiary/aromatic N) is 1. The average molecular weight is 434 g/mol. The molecular weight excluding hydrogens is 414 g/mol. The Morgan fingerprint density at radius 3 is 2.72 bits per heavy atom. The molecule has 2 heterocycles. The fourth-order valence-corrected chi connectivity index (χ4v) is 3.61. The fraction of sp³-hybridized carbons (Fsp3) is 0.160. The van der Waals surface area contributed by atoms with Gasteiger partial charge in [0.05, 0.1) is 18.5 Å². The summed E-state index contributed by atoms with van der Waals surface area (Å²) in [5.41, 5.74) is 2.69. The quantitative estimate of drug-likeness (QED) is 0.563. The first-order valence-electron chi connectivity index (χ1n) is 10.2. The van der Waals surface area contributed by atoms with Gasteiger partial charge in [-0.1, -0.05) is 30.4 Å². The van der Waals surface area contributed by atoms with Crippen LogP contribution in [0.2, 0.25) is 0 Å². The number of carbonyl (C=O) groups excluding carboxylic acids is 2. The highest BCUT2D eigenvalue weighted by atomic mass is 19.2. The molecule has 0 atom stereocenters. The number of hydrogen-bond acceptors (Lipinski definition) is 3. The molecule has 0 radical (unpaired) electrons. The predicted octanol–water partition coefficient (Wildman–Crippen LogP) is 4.35. The molecule has 1 amide bonds. The van der Waals surface area contributed by atoms with Gasteiger partial charge < -0.3 is 9.88 Å². The van der Waals surface area contributed by atoms with Crippen molar-refractivity contribution in [3.63, 3.8) is 0 Å². The van der Waals surface area contributed by atoms with Crippen molar-refractivity contribution in [2.45, 2.75) is 25.8 Å². The number of nitrogens with one attached hydrogen (secondary N) is 1. The molecule has 1 aliphatic rings. The van der Waals surface area contributed by atoms with Gasteiger partial charge >= 0.3 is 0 Å². The lowest BCUT2D eigenvalue weighted by Crippen LogP contribution is -2.26. The number of benzene rings is 2. The van der Waals surface area contributed by atoms with Gasteiger partial charge in [0.1, 0.15) is 0 Å². The summed E-state index contributed by atoms with van der Waals surface area (Å²) in [6.45, 7) is 0.0337. The zero-order valence-corrected chi connectivity index (χ0v) is 17.1. The van der Waals surface area contributed by atoms with Crippen molar-refractivity contribution in [3.05, 3.63) is 105 Å². The second-order valence-corrected chi connectivity index (χ2v) is 7.61. The zero-order chi connectivity index (χ0) is 22.7. The van der Waals surface area contributed by atoms with Crippen molar-refractivity contribution < 1.29 is 18.4 Å². The number of allylic oxidation sites excluding steroid dienone is 1. The van der Waals surface area contributed by atoms with Gasteiger partial charge in [0.2, 0.25) is 5.91 Å². The van der Waals surface area contributed by atoms with Gasteiger partial charge in [-0.15, -0.1) is 0 Å². The Kier molecular flexibility index (Phi) is 6.07. The van der Waals surface area contributed by atoms with Crippen LogP contribution in [-0.2, 0) is 17.8 Å². The lowest BCUT2D eigenvalue weighted by molar-refractivity contribution is -0.115. The number of aromatic nitrogens is 1. The third kappa shape index (κ3) is 4.72. The summed E-state index contributed by atoms with van der Waals surface area (Å²) < 4.78 is 27.8. The molecule has 0 saturated heterocycles. The summed E-state index contributed by atoms with van der Waals surface area (Å²) in [4.78, 5) is 36.7. The summed E-state index contributed by atoms with van der Waals surface area (Å²) in [5, 5.41) is 2.80. The summed E-state index contributed by atoms with van der Waals surface area (Å²) in [7, 11) is 0. The van der Waals surface area contributed by atoms with Crippen molar-refractivity contribution in [3.8, 4) is 0 Å². The molecule has 0 fully saturated rings. The number of pyridine rings is 1. The van der Waals surface area contributed by atoms with E-state index in [1.54, 1.807) is 6.07 Å². The number of halogens is 2. The molecule has 1 aromatic heterocycles. The minimum Gasteiger partial charge on any atom is -0.326 e. The van der Waals surface area contributed by atoms with E-state index < -0.39 is 17.2 Å². The standard InChI is InChI=1S/C25H20F2N2O3/c26-20-10-8-17(12-21(20)27)15-29-11-3-5-19(25(29)32)23(30)6-2-1-4-16-7-9-18-14-24(31)28-22(18)13-16/h1,3-5,7-13H,2,6,14-15H2,(H,28,31)/b4-1+. The van der Waals surface area contributed by atoms with E-state index in [9.17, 15) is 23.2 Å². The van der Waals surface area contributed by atoms with Crippen LogP contribution in [0.3, 0.4) is 0 Å². The van der Waals surface area contributed by atoms with E-state index in [1.807, 2.05) is 30.4 Å². The average Bonchev–Trinajstić information content (AvgIpc) is 3.14. The summed E-state index contributed by atoms with van der Waals surface area (Å²) in [5.74, 6) is -2.26. The third-order valence-corrected chi connectivity index (χ3v) is 5.26. The highest BCUT2D eigenvalue weighted by Crippen LogP contribution is 2.24. The minimum absolute atomic E-state index is 0.0233. The third-order valence-electron chi connectivity index (χ3n) is 5.26. The van der Waals surface area contributed by atoms with E-state index in [0.717, 1.165) is 28.9 Å². The van der Waals surface area contributed by atoms with E-state index in [2.05, 4.69) is 5.32 Å². The Bertz CT molecular complexity index is 1290. The fourth-order valence-electron chi connectivity index (χ4n) is 3.61. The molecule has 7 heteroatoms. The van der Waals surface area contributed by atoms with Crippen LogP contribution in [0.1, 0.15) is 39.9 Å². The van der Waals surface area contributed by atoms with Gasteiger partial charge in [0.25, 0.3) is 5.56 Å². The molecule has 5 nitrogen and oxygen atoms in total. The number of amides is 1. The zero-order valence-electron chi connectivity index (χ0n) is 17.1. The first-order chi connectivity index (χ1) is 15.4. The van der Waals surface area contributed by atoms with Crippen molar-refractivity contribution in [1.29, 1.82) is 0 Å². The maximum Gasteiger partial charge on any atom is 0.261 e. The highest BCUT2D eigenvalue weighted by Gasteiger charge is 2.17. The number of carbonyl (C=O) groups is 2. The molecule has 1 aliphatic heterocycles. The first-order valence-corrected chi connectivity index (χ1v) is 10.2. The van der Waals surface area contributed by atoms with Gasteiger partial charge in [-0.2, -0.15) is 0 Å². The molecule has 0 spiro atoms. The maximum absolute atomic E-state index is 13.4. The lowest BCUT2D eigenvalue weighted by atomic mass is 10.1. The van der Waals surface area contributed by atoms with Crippen LogP contribution in [-0.4, -0.2) is 16.3 Å². The molecule has 32 heavy (non-hydrogen) atoms. The lowest BCUT2D eigenvalue weighted by Gasteiger charge is -2.08. The number of Topliss-reactive ketones (excluding diaryl/α,β-unsaturated/α-hetero) is 1. The highest BCUT2D eigenvalue weighted by molar-refractivity contribution is 5.99. The van der Waals surface area contributed by atoms with Crippen molar-refractivity contribution in [2.24, 2.45) is 0 Å². The Morgan fingerprint density at radius 1 is 1.06 bits per heavy atom. The summed E-state index contributed by atoms with van der Waals surface area (Å²) in [6.07, 6.45) is 6.21. The molecule has 0 bridgehead atoms. The molecule has 0 saturated carbocycles. The predicted molar refractivity (Wildman–Crippen MR) is 118 cm³/mol. The number of anilines is 1. The van der Waals surface area contributed by atoms with Crippen LogP contribution in [0.5, 0.6) is 0 Å². The van der Waals surface area contributed by atoms with Gasteiger partial charge in [-0.05, 0) is 53.4 Å². The number of rotatable bonds is 7. The van der Waals surface area contributed by atoms with E-state index in [-0.39, 0.29) is 30.2 Å². The number of ketones is 1. The largest absolute Gasteiger partial charge is 0.326 e. The second-order valence-electron chi connectivity index (χ2n) is 7.61. The monoisotopic (exact) mass is 434 g/mol. The minimum atomic E-state index is -0.986. The molecule has 0 unspecified atom stereocenters. The van der Waals surface area contributed by atoms with Crippen molar-refractivity contribution in [1.82, 2.24) is 4.57 Å². The number of fused-ring (bicyclic) bond motifs is 1. The molecule has 1 N–H and O–H groups in total. The molecule has 0 aliphatic carbocycles. The number of hydrogen-bond donors (Lipinski definition) is 1. The van der Waals surface area contributed by atoms with Crippen molar-refractivity contribution in [2.75, 3.05) is 5.32 Å². The van der Waals surface area contributed by atoms with Crippen LogP contribution >= 0.6 is 0 Å². The smallest absolute Gasteiger partial charge is 0.261 e. The van der Waals surface area contributed by atoms with Crippen LogP contribution < -0.4 is 10.9 Å². The summed E-state index contributed by atoms with van der Waals surface area (Å²) in [6, 6.07) is 12.2. The summed E-state index contributed by atoms with van der Waals surface area (Å²) >= 11 is 0. The van der Waals surface area contributed by atoms with Crippen LogP contribution in [0, 0.1) is 11.6 Å². The van der Waals surface area contributed by atoms with Gasteiger partial charge in [-0.25, -0.2) is 8.78 Å². The van der Waals surface area contributed by atoms with Crippen LogP contribution in [0.15, 0.2) is 65.6 Å². The Hall–Kier alpha value is -3.87. The van der Waals surface area contributed by atoms with Gasteiger partial charge in [0, 0.05) is 18.3 Å². The van der Waals surface area contributed by atoms with E-state index in [4.69, 9.17) is 0 Å². The van der Waals surface area contributed by atoms with Gasteiger partial charge in [-0.3, -0.25) is 14.4 Å².